The van der Waals surface area contributed by atoms with Gasteiger partial charge < -0.3 is 51.8 Å². The Labute approximate surface area is 348 Å². The second kappa shape index (κ2) is 16.9. The smallest absolute Gasteiger partial charge is 0.405 e. The van der Waals surface area contributed by atoms with Gasteiger partial charge in [-0.25, -0.2) is 23.8 Å². The number of nitrogens with zero attached hydrogens (tertiary/aromatic N) is 3. The number of aromatic nitrogens is 3. The Kier molecular flexibility index (Phi) is 11.8. The molecule has 4 aromatic rings. The number of primary amides is 1. The van der Waals surface area contributed by atoms with Crippen LogP contribution in [-0.4, -0.2) is 73.3 Å². The molecule has 4 atom stereocenters. The quantitative estimate of drug-likeness (QED) is 0.0593. The average molecular weight is 842 g/mol. The van der Waals surface area contributed by atoms with Gasteiger partial charge >= 0.3 is 18.1 Å². The zero-order chi connectivity index (χ0) is 43.9. The van der Waals surface area contributed by atoms with Gasteiger partial charge in [-0.05, 0) is 79.8 Å². The number of urea groups is 1. The molecule has 0 saturated heterocycles. The summed E-state index contributed by atoms with van der Waals surface area (Å²) in [7, 11) is 0. The molecule has 19 heteroatoms. The summed E-state index contributed by atoms with van der Waals surface area (Å²) in [4.78, 5) is 85.2. The van der Waals surface area contributed by atoms with E-state index in [0.29, 0.717) is 46.7 Å². The van der Waals surface area contributed by atoms with Gasteiger partial charge in [-0.15, -0.1) is 0 Å². The number of carbonyl (C=O) groups excluding carboxylic acids is 4. The number of ether oxygens (including phenoxy) is 1. The molecule has 5 heterocycles. The molecule has 5 amide bonds. The van der Waals surface area contributed by atoms with Crippen LogP contribution in [0.5, 0.6) is 0 Å². The highest BCUT2D eigenvalue weighted by Gasteiger charge is 2.46. The number of nitrogens with one attached hydrogen (secondary N) is 5. The first kappa shape index (κ1) is 42.6. The lowest BCUT2D eigenvalue weighted by molar-refractivity contribution is -0.172. The number of hydrogen-bond donors (Lipinski definition) is 8. The Morgan fingerprint density at radius 2 is 1.87 bits per heavy atom. The predicted octanol–water partition coefficient (Wildman–Crippen LogP) is 2.86. The first-order chi connectivity index (χ1) is 29.0. The van der Waals surface area contributed by atoms with Gasteiger partial charge in [0.25, 0.3) is 5.56 Å². The Bertz CT molecular complexity index is 2530. The van der Waals surface area contributed by atoms with Crippen LogP contribution in [0.2, 0.25) is 0 Å². The van der Waals surface area contributed by atoms with Crippen molar-refractivity contribution in [2.75, 3.05) is 11.9 Å². The molecule has 9 N–H and O–H groups in total. The number of fused-ring (bicyclic) bond motifs is 5. The van der Waals surface area contributed by atoms with Gasteiger partial charge in [-0.2, -0.15) is 0 Å². The third-order valence-corrected chi connectivity index (χ3v) is 11.8. The standard InChI is InChI=1S/C42H48FN9O9/c1-5-42(60)26-13-31-35-24(17-52(31)38(55)25(26)18-61-39(42)56)33-28(11-10-23-20(4)27(43)14-30(49-35)32(23)33)47-15-21-8-9-22(16-46-21)48-36(53)29(7-6-12-45-40(44)57)50-37(54)34(19(2)3)51-41(58)59/h8-9,13-14,16,19,28-29,34,47,51,60H,5-7,10-12,15,17-18H2,1-4H3,(H,48,53)(H,50,54)(H,58,59)(H3,44,45,57)/t28-,29-,34-,42-/m0/s1. The molecule has 0 saturated carbocycles. The molecule has 0 bridgehead atoms. The van der Waals surface area contributed by atoms with Crippen molar-refractivity contribution in [3.8, 4) is 11.4 Å². The number of rotatable bonds is 14. The van der Waals surface area contributed by atoms with Crippen LogP contribution in [0.3, 0.4) is 0 Å². The highest BCUT2D eigenvalue weighted by atomic mass is 19.1. The van der Waals surface area contributed by atoms with Gasteiger partial charge in [0.15, 0.2) is 5.60 Å². The molecule has 322 valence electrons. The summed E-state index contributed by atoms with van der Waals surface area (Å²) in [6.07, 6.45) is 1.61. The number of nitrogens with two attached hydrogens (primary N) is 1. The highest BCUT2D eigenvalue weighted by Crippen LogP contribution is 2.46. The third-order valence-electron chi connectivity index (χ3n) is 11.8. The van der Waals surface area contributed by atoms with Crippen molar-refractivity contribution in [1.29, 1.82) is 0 Å². The average Bonchev–Trinajstić information content (AvgIpc) is 3.59. The number of amides is 5. The second-order valence-corrected chi connectivity index (χ2v) is 16.0. The lowest BCUT2D eigenvalue weighted by atomic mass is 9.81. The SMILES string of the molecule is CC[C@@]1(O)C(=O)OCc2c1cc1n(c2=O)Cc2c-1nc1cc(F)c(C)c3c1c2[C@@H](NCc1ccc(NC(=O)[C@H](CCCNC(N)=O)NC(=O)[C@@H](NC(=O)O)C(C)C)cn1)CC3. The maximum Gasteiger partial charge on any atom is 0.405 e. The van der Waals surface area contributed by atoms with Crippen molar-refractivity contribution >= 4 is 46.5 Å². The fraction of sp³-hybridized carbons (Fsp3) is 0.429. The van der Waals surface area contributed by atoms with Crippen molar-refractivity contribution in [3.05, 3.63) is 85.7 Å². The summed E-state index contributed by atoms with van der Waals surface area (Å²) in [6.45, 7) is 7.04. The Morgan fingerprint density at radius 3 is 2.54 bits per heavy atom. The number of hydrogen-bond acceptors (Lipinski definition) is 11. The predicted molar refractivity (Wildman–Crippen MR) is 219 cm³/mol. The van der Waals surface area contributed by atoms with Crippen molar-refractivity contribution < 1.29 is 43.3 Å². The largest absolute Gasteiger partial charge is 0.465 e. The zero-order valence-electron chi connectivity index (χ0n) is 34.1. The molecule has 0 spiro atoms. The van der Waals surface area contributed by atoms with Crippen LogP contribution in [0.4, 0.5) is 19.7 Å². The van der Waals surface area contributed by atoms with E-state index >= 15 is 4.39 Å². The number of benzene rings is 1. The lowest BCUT2D eigenvalue weighted by Gasteiger charge is -2.31. The molecule has 2 aliphatic heterocycles. The Balaban J connectivity index is 1.12. The molecular weight excluding hydrogens is 794 g/mol. The first-order valence-electron chi connectivity index (χ1n) is 20.2. The van der Waals surface area contributed by atoms with Crippen LogP contribution in [0.15, 0.2) is 35.3 Å². The van der Waals surface area contributed by atoms with E-state index in [0.717, 1.165) is 22.1 Å². The van der Waals surface area contributed by atoms with E-state index in [4.69, 9.17) is 15.5 Å². The van der Waals surface area contributed by atoms with E-state index in [9.17, 15) is 39.0 Å². The number of esters is 1. The van der Waals surface area contributed by atoms with Gasteiger partial charge in [-0.1, -0.05) is 20.8 Å². The molecule has 3 aliphatic rings. The summed E-state index contributed by atoms with van der Waals surface area (Å²) in [5.41, 5.74) is 8.45. The van der Waals surface area contributed by atoms with E-state index in [1.807, 2.05) is 0 Å². The molecule has 1 aliphatic carbocycles. The fourth-order valence-electron chi connectivity index (χ4n) is 8.54. The lowest BCUT2D eigenvalue weighted by Crippen LogP contribution is -2.54. The number of pyridine rings is 3. The normalized spacial score (nSPS) is 18.3. The number of aliphatic hydroxyl groups is 1. The molecular formula is C42H48FN9O9. The van der Waals surface area contributed by atoms with Gasteiger partial charge in [0, 0.05) is 41.7 Å². The number of aryl methyl sites for hydroxylation is 1. The molecule has 7 rings (SSSR count). The van der Waals surface area contributed by atoms with Crippen molar-refractivity contribution in [3.63, 3.8) is 0 Å². The van der Waals surface area contributed by atoms with Crippen molar-refractivity contribution in [2.24, 2.45) is 11.7 Å². The maximum atomic E-state index is 15.4. The number of anilines is 1. The Morgan fingerprint density at radius 1 is 1.10 bits per heavy atom. The van der Waals surface area contributed by atoms with E-state index in [1.54, 1.807) is 50.5 Å². The molecule has 0 unspecified atom stereocenters. The van der Waals surface area contributed by atoms with Crippen LogP contribution in [0.1, 0.15) is 91.6 Å². The van der Waals surface area contributed by atoms with Crippen LogP contribution < -0.4 is 37.9 Å². The van der Waals surface area contributed by atoms with E-state index < -0.39 is 64.9 Å². The molecule has 61 heavy (non-hydrogen) atoms. The second-order valence-electron chi connectivity index (χ2n) is 16.0. The van der Waals surface area contributed by atoms with Gasteiger partial charge in [-0.3, -0.25) is 19.4 Å². The summed E-state index contributed by atoms with van der Waals surface area (Å²) in [5, 5.41) is 35.0. The van der Waals surface area contributed by atoms with Crippen LogP contribution >= 0.6 is 0 Å². The summed E-state index contributed by atoms with van der Waals surface area (Å²) in [5.74, 6) is -2.90. The fourth-order valence-corrected chi connectivity index (χ4v) is 8.54. The van der Waals surface area contributed by atoms with E-state index in [1.165, 1.54) is 12.3 Å². The number of cyclic esters (lactones) is 1. The minimum atomic E-state index is -2.00. The van der Waals surface area contributed by atoms with Crippen molar-refractivity contribution in [2.45, 2.75) is 103 Å². The maximum absolute atomic E-state index is 15.4. The first-order valence-corrected chi connectivity index (χ1v) is 20.2. The van der Waals surface area contributed by atoms with Crippen LogP contribution in [0.25, 0.3) is 22.3 Å². The van der Waals surface area contributed by atoms with Gasteiger partial charge in [0.05, 0.1) is 46.6 Å². The summed E-state index contributed by atoms with van der Waals surface area (Å²) >= 11 is 0. The minimum Gasteiger partial charge on any atom is -0.465 e. The molecule has 0 fully saturated rings. The summed E-state index contributed by atoms with van der Waals surface area (Å²) in [6, 6.07) is 3.19. The van der Waals surface area contributed by atoms with Crippen LogP contribution in [0, 0.1) is 18.7 Å². The molecule has 1 aromatic carbocycles. The highest BCUT2D eigenvalue weighted by molar-refractivity contribution is 5.98. The number of halogens is 1. The monoisotopic (exact) mass is 841 g/mol. The molecule has 18 nitrogen and oxygen atoms in total. The third kappa shape index (κ3) is 8.09. The van der Waals surface area contributed by atoms with Crippen molar-refractivity contribution in [1.82, 2.24) is 35.8 Å². The zero-order valence-corrected chi connectivity index (χ0v) is 34.1. The van der Waals surface area contributed by atoms with E-state index in [-0.39, 0.29) is 62.7 Å². The van der Waals surface area contributed by atoms with Crippen LogP contribution in [-0.2, 0) is 50.8 Å². The molecule has 3 aromatic heterocycles. The number of carbonyl (C=O) groups is 5. The molecule has 0 radical (unpaired) electrons. The topological polar surface area (TPSA) is 269 Å². The minimum absolute atomic E-state index is 0.00450. The Hall–Kier alpha value is -6.47. The van der Waals surface area contributed by atoms with Gasteiger partial charge in [0.2, 0.25) is 11.8 Å². The van der Waals surface area contributed by atoms with Gasteiger partial charge in [0.1, 0.15) is 24.5 Å². The summed E-state index contributed by atoms with van der Waals surface area (Å²) < 4.78 is 22.2. The number of carboxylic acid groups (broad SMARTS) is 1. The van der Waals surface area contributed by atoms with E-state index in [2.05, 4.69) is 31.6 Å².